The number of thiocarbonyl (C=S) groups is 1. The number of aliphatic carboxylic acids is 1. The second-order valence-electron chi connectivity index (χ2n) is 4.76. The number of ether oxygens (including phenoxy) is 1. The van der Waals surface area contributed by atoms with Gasteiger partial charge >= 0.3 is 5.97 Å². The quantitative estimate of drug-likeness (QED) is 0.600. The molecule has 2 rings (SSSR count). The van der Waals surface area contributed by atoms with Crippen LogP contribution in [0.25, 0.3) is 6.08 Å². The topological polar surface area (TPSA) is 87.1 Å². The van der Waals surface area contributed by atoms with Gasteiger partial charge in [0, 0.05) is 13.0 Å². The highest BCUT2D eigenvalue weighted by molar-refractivity contribution is 8.26. The number of carbonyl (C=O) groups excluding carboxylic acids is 1. The van der Waals surface area contributed by atoms with E-state index in [1.165, 1.54) is 29.8 Å². The lowest BCUT2D eigenvalue weighted by Gasteiger charge is -2.13. The van der Waals surface area contributed by atoms with Gasteiger partial charge in [-0.15, -0.1) is 0 Å². The lowest BCUT2D eigenvalue weighted by molar-refractivity contribution is -0.137. The van der Waals surface area contributed by atoms with Crippen molar-refractivity contribution in [3.05, 3.63) is 28.7 Å². The van der Waals surface area contributed by atoms with E-state index in [0.29, 0.717) is 27.0 Å². The van der Waals surface area contributed by atoms with Crippen molar-refractivity contribution < 1.29 is 24.5 Å². The molecule has 0 saturated carbocycles. The molecule has 23 heavy (non-hydrogen) atoms. The minimum absolute atomic E-state index is 0.00866. The summed E-state index contributed by atoms with van der Waals surface area (Å²) in [6, 6.07) is 4.76. The maximum atomic E-state index is 12.3. The Morgan fingerprint density at radius 1 is 1.48 bits per heavy atom. The number of hydrogen-bond donors (Lipinski definition) is 2. The van der Waals surface area contributed by atoms with E-state index >= 15 is 0 Å². The van der Waals surface area contributed by atoms with Gasteiger partial charge in [-0.3, -0.25) is 14.5 Å². The highest BCUT2D eigenvalue weighted by Crippen LogP contribution is 2.34. The first-order valence-electron chi connectivity index (χ1n) is 6.76. The third kappa shape index (κ3) is 4.23. The molecule has 1 amide bonds. The number of rotatable bonds is 6. The Bertz CT molecular complexity index is 686. The highest BCUT2D eigenvalue weighted by atomic mass is 32.2. The third-order valence-corrected chi connectivity index (χ3v) is 4.53. The summed E-state index contributed by atoms with van der Waals surface area (Å²) >= 11 is 6.35. The number of phenolic OH excluding ortho intramolecular Hbond substituents is 1. The molecule has 2 N–H and O–H groups in total. The van der Waals surface area contributed by atoms with Crippen molar-refractivity contribution in [2.24, 2.45) is 0 Å². The number of benzene rings is 1. The van der Waals surface area contributed by atoms with Crippen molar-refractivity contribution >= 4 is 46.3 Å². The summed E-state index contributed by atoms with van der Waals surface area (Å²) in [7, 11) is 1.45. The Balaban J connectivity index is 2.13. The molecule has 0 radical (unpaired) electrons. The minimum atomic E-state index is -0.901. The van der Waals surface area contributed by atoms with Crippen molar-refractivity contribution in [1.29, 1.82) is 0 Å². The first-order chi connectivity index (χ1) is 10.9. The SMILES string of the molecule is COc1cc(C=C2SC(=S)N(CCCC(=O)O)C2=O)ccc1O. The van der Waals surface area contributed by atoms with Gasteiger partial charge in [0.25, 0.3) is 5.91 Å². The van der Waals surface area contributed by atoms with Gasteiger partial charge in [-0.05, 0) is 30.2 Å². The van der Waals surface area contributed by atoms with Gasteiger partial charge in [-0.1, -0.05) is 30.0 Å². The van der Waals surface area contributed by atoms with Crippen LogP contribution in [0.2, 0.25) is 0 Å². The maximum absolute atomic E-state index is 12.3. The number of carbonyl (C=O) groups is 2. The molecule has 122 valence electrons. The average Bonchev–Trinajstić information content (AvgIpc) is 2.76. The zero-order valence-corrected chi connectivity index (χ0v) is 13.9. The zero-order chi connectivity index (χ0) is 17.0. The summed E-state index contributed by atoms with van der Waals surface area (Å²) in [6.45, 7) is 0.285. The number of thioether (sulfide) groups is 1. The fourth-order valence-corrected chi connectivity index (χ4v) is 3.33. The summed E-state index contributed by atoms with van der Waals surface area (Å²) in [5.74, 6) is -0.804. The Labute approximate surface area is 142 Å². The summed E-state index contributed by atoms with van der Waals surface area (Å²) in [4.78, 5) is 24.7. The van der Waals surface area contributed by atoms with Crippen LogP contribution in [-0.2, 0) is 9.59 Å². The van der Waals surface area contributed by atoms with E-state index in [9.17, 15) is 14.7 Å². The molecule has 0 aromatic heterocycles. The lowest BCUT2D eigenvalue weighted by Crippen LogP contribution is -2.29. The molecule has 0 atom stereocenters. The van der Waals surface area contributed by atoms with E-state index < -0.39 is 5.97 Å². The van der Waals surface area contributed by atoms with E-state index in [4.69, 9.17) is 22.1 Å². The van der Waals surface area contributed by atoms with Crippen molar-refractivity contribution in [3.63, 3.8) is 0 Å². The standard InChI is InChI=1S/C15H15NO5S2/c1-21-11-7-9(4-5-10(11)17)8-12-14(20)16(15(22)23-12)6-2-3-13(18)19/h4-5,7-8,17H,2-3,6H2,1H3,(H,18,19). The number of hydrogen-bond acceptors (Lipinski definition) is 6. The van der Waals surface area contributed by atoms with E-state index in [0.717, 1.165) is 0 Å². The van der Waals surface area contributed by atoms with Crippen LogP contribution in [0.1, 0.15) is 18.4 Å². The third-order valence-electron chi connectivity index (χ3n) is 3.15. The van der Waals surface area contributed by atoms with Gasteiger partial charge in [-0.2, -0.15) is 0 Å². The van der Waals surface area contributed by atoms with Gasteiger partial charge in [0.2, 0.25) is 0 Å². The Morgan fingerprint density at radius 2 is 2.22 bits per heavy atom. The molecule has 1 aromatic carbocycles. The van der Waals surface area contributed by atoms with Gasteiger partial charge in [-0.25, -0.2) is 0 Å². The molecule has 1 heterocycles. The summed E-state index contributed by atoms with van der Waals surface area (Å²) in [5, 5.41) is 18.2. The molecule has 0 aliphatic carbocycles. The summed E-state index contributed by atoms with van der Waals surface area (Å²) < 4.78 is 5.45. The second kappa shape index (κ2) is 7.47. The first kappa shape index (κ1) is 17.3. The Hall–Kier alpha value is -2.06. The van der Waals surface area contributed by atoms with Gasteiger partial charge < -0.3 is 14.9 Å². The van der Waals surface area contributed by atoms with Crippen LogP contribution >= 0.6 is 24.0 Å². The van der Waals surface area contributed by atoms with Crippen molar-refractivity contribution in [2.45, 2.75) is 12.8 Å². The largest absolute Gasteiger partial charge is 0.504 e. The van der Waals surface area contributed by atoms with Crippen LogP contribution in [0.4, 0.5) is 0 Å². The highest BCUT2D eigenvalue weighted by Gasteiger charge is 2.31. The molecule has 1 aromatic rings. The van der Waals surface area contributed by atoms with Crippen LogP contribution in [-0.4, -0.2) is 45.0 Å². The monoisotopic (exact) mass is 353 g/mol. The van der Waals surface area contributed by atoms with Crippen molar-refractivity contribution in [3.8, 4) is 11.5 Å². The van der Waals surface area contributed by atoms with Crippen LogP contribution in [0, 0.1) is 0 Å². The van der Waals surface area contributed by atoms with Crippen LogP contribution < -0.4 is 4.74 Å². The van der Waals surface area contributed by atoms with E-state index in [2.05, 4.69) is 0 Å². The molecule has 1 fully saturated rings. The molecule has 6 nitrogen and oxygen atoms in total. The van der Waals surface area contributed by atoms with Crippen LogP contribution in [0.15, 0.2) is 23.1 Å². The molecule has 0 spiro atoms. The predicted molar refractivity (Wildman–Crippen MR) is 91.4 cm³/mol. The first-order valence-corrected chi connectivity index (χ1v) is 7.99. The summed E-state index contributed by atoms with van der Waals surface area (Å²) in [6.07, 6.45) is 2.01. The van der Waals surface area contributed by atoms with E-state index in [1.54, 1.807) is 18.2 Å². The van der Waals surface area contributed by atoms with Gasteiger partial charge in [0.05, 0.1) is 12.0 Å². The smallest absolute Gasteiger partial charge is 0.303 e. The number of carboxylic acid groups (broad SMARTS) is 1. The van der Waals surface area contributed by atoms with E-state index in [1.807, 2.05) is 0 Å². The van der Waals surface area contributed by atoms with Crippen molar-refractivity contribution in [2.75, 3.05) is 13.7 Å². The lowest BCUT2D eigenvalue weighted by atomic mass is 10.2. The number of aromatic hydroxyl groups is 1. The molecule has 1 aliphatic heterocycles. The molecule has 1 saturated heterocycles. The fourth-order valence-electron chi connectivity index (χ4n) is 2.02. The molecule has 0 unspecified atom stereocenters. The van der Waals surface area contributed by atoms with Gasteiger partial charge in [0.15, 0.2) is 11.5 Å². The predicted octanol–water partition coefficient (Wildman–Crippen LogP) is 2.47. The second-order valence-corrected chi connectivity index (χ2v) is 6.44. The average molecular weight is 353 g/mol. The molecule has 8 heteroatoms. The number of carboxylic acids is 1. The minimum Gasteiger partial charge on any atom is -0.504 e. The Morgan fingerprint density at radius 3 is 2.87 bits per heavy atom. The zero-order valence-electron chi connectivity index (χ0n) is 12.3. The summed E-state index contributed by atoms with van der Waals surface area (Å²) in [5.41, 5.74) is 0.700. The molecule has 1 aliphatic rings. The maximum Gasteiger partial charge on any atom is 0.303 e. The Kier molecular flexibility index (Phi) is 5.62. The van der Waals surface area contributed by atoms with E-state index in [-0.39, 0.29) is 24.6 Å². The molecule has 0 bridgehead atoms. The van der Waals surface area contributed by atoms with Crippen LogP contribution in [0.5, 0.6) is 11.5 Å². The van der Waals surface area contributed by atoms with Gasteiger partial charge in [0.1, 0.15) is 4.32 Å². The normalized spacial score (nSPS) is 16.2. The number of methoxy groups -OCH3 is 1. The number of nitrogens with zero attached hydrogens (tertiary/aromatic N) is 1. The number of amides is 1. The molecular formula is C15H15NO5S2. The molecular weight excluding hydrogens is 338 g/mol. The van der Waals surface area contributed by atoms with Crippen molar-refractivity contribution in [1.82, 2.24) is 4.90 Å². The fraction of sp³-hybridized carbons (Fsp3) is 0.267. The number of phenols is 1. The van der Waals surface area contributed by atoms with Crippen LogP contribution in [0.3, 0.4) is 0 Å².